The first-order chi connectivity index (χ1) is 11.4. The van der Waals surface area contributed by atoms with Crippen molar-refractivity contribution in [3.8, 4) is 5.75 Å². The SMILES string of the molecule is COc1cncc([C@H](NS(=O)(=O)c2cnn(C)c2)C2CC(O)C2)c1. The lowest BCUT2D eigenvalue weighted by molar-refractivity contribution is 0.0279. The number of aryl methyl sites for hydroxylation is 1. The zero-order valence-corrected chi connectivity index (χ0v) is 14.3. The molecule has 2 aromatic heterocycles. The first-order valence-corrected chi connectivity index (χ1v) is 9.05. The van der Waals surface area contributed by atoms with E-state index < -0.39 is 16.1 Å². The average molecular weight is 352 g/mol. The number of aliphatic hydroxyl groups is 1. The average Bonchev–Trinajstić information content (AvgIpc) is 2.97. The number of sulfonamides is 1. The van der Waals surface area contributed by atoms with Gasteiger partial charge in [0.1, 0.15) is 10.6 Å². The number of methoxy groups -OCH3 is 1. The summed E-state index contributed by atoms with van der Waals surface area (Å²) in [5.41, 5.74) is 0.707. The number of aromatic nitrogens is 3. The van der Waals surface area contributed by atoms with E-state index in [9.17, 15) is 13.5 Å². The topological polar surface area (TPSA) is 106 Å². The zero-order chi connectivity index (χ0) is 17.3. The maximum absolute atomic E-state index is 12.6. The first-order valence-electron chi connectivity index (χ1n) is 7.57. The summed E-state index contributed by atoms with van der Waals surface area (Å²) in [6.07, 6.45) is 6.61. The zero-order valence-electron chi connectivity index (χ0n) is 13.5. The smallest absolute Gasteiger partial charge is 0.244 e. The van der Waals surface area contributed by atoms with Crippen molar-refractivity contribution in [2.24, 2.45) is 13.0 Å². The van der Waals surface area contributed by atoms with Crippen molar-refractivity contribution in [3.63, 3.8) is 0 Å². The molecule has 9 heteroatoms. The normalized spacial score (nSPS) is 22.0. The Morgan fingerprint density at radius 3 is 2.71 bits per heavy atom. The van der Waals surface area contributed by atoms with Crippen LogP contribution in [0.15, 0.2) is 35.7 Å². The van der Waals surface area contributed by atoms with Crippen LogP contribution in [0, 0.1) is 5.92 Å². The Morgan fingerprint density at radius 1 is 1.38 bits per heavy atom. The van der Waals surface area contributed by atoms with Crippen LogP contribution in [-0.2, 0) is 17.1 Å². The number of hydrogen-bond acceptors (Lipinski definition) is 6. The second-order valence-corrected chi connectivity index (χ2v) is 7.71. The highest BCUT2D eigenvalue weighted by Crippen LogP contribution is 2.39. The lowest BCUT2D eigenvalue weighted by Gasteiger charge is -2.37. The van der Waals surface area contributed by atoms with Crippen LogP contribution < -0.4 is 9.46 Å². The highest BCUT2D eigenvalue weighted by Gasteiger charge is 2.37. The van der Waals surface area contributed by atoms with Gasteiger partial charge in [-0.05, 0) is 30.4 Å². The van der Waals surface area contributed by atoms with Crippen molar-refractivity contribution in [1.29, 1.82) is 0 Å². The summed E-state index contributed by atoms with van der Waals surface area (Å²) < 4.78 is 34.6. The number of hydrogen-bond donors (Lipinski definition) is 2. The van der Waals surface area contributed by atoms with Gasteiger partial charge in [-0.2, -0.15) is 5.10 Å². The molecule has 1 aliphatic carbocycles. The van der Waals surface area contributed by atoms with Crippen LogP contribution in [0.2, 0.25) is 0 Å². The molecule has 3 rings (SSSR count). The third-order valence-electron chi connectivity index (χ3n) is 4.22. The number of nitrogens with zero attached hydrogens (tertiary/aromatic N) is 3. The largest absolute Gasteiger partial charge is 0.495 e. The molecule has 8 nitrogen and oxygen atoms in total. The first kappa shape index (κ1) is 16.9. The van der Waals surface area contributed by atoms with Gasteiger partial charge in [-0.1, -0.05) is 0 Å². The predicted octanol–water partition coefficient (Wildman–Crippen LogP) is 0.614. The molecule has 1 saturated carbocycles. The Hall–Kier alpha value is -1.97. The van der Waals surface area contributed by atoms with Gasteiger partial charge in [0.15, 0.2) is 0 Å². The number of ether oxygens (including phenoxy) is 1. The van der Waals surface area contributed by atoms with E-state index in [1.807, 2.05) is 0 Å². The molecule has 2 aromatic rings. The van der Waals surface area contributed by atoms with Crippen LogP contribution in [0.4, 0.5) is 0 Å². The molecular formula is C15H20N4O4S. The summed E-state index contributed by atoms with van der Waals surface area (Å²) in [5.74, 6) is 0.554. The molecule has 0 saturated heterocycles. The molecule has 0 aliphatic heterocycles. The Morgan fingerprint density at radius 2 is 2.12 bits per heavy atom. The highest BCUT2D eigenvalue weighted by molar-refractivity contribution is 7.89. The maximum Gasteiger partial charge on any atom is 0.244 e. The summed E-state index contributed by atoms with van der Waals surface area (Å²) in [6, 6.07) is 1.27. The molecule has 1 atom stereocenters. The molecule has 1 aliphatic rings. The van der Waals surface area contributed by atoms with Gasteiger partial charge in [0.2, 0.25) is 10.0 Å². The van der Waals surface area contributed by atoms with E-state index >= 15 is 0 Å². The van der Waals surface area contributed by atoms with E-state index in [4.69, 9.17) is 4.74 Å². The Labute approximate surface area is 140 Å². The van der Waals surface area contributed by atoms with Crippen molar-refractivity contribution >= 4 is 10.0 Å². The molecule has 1 fully saturated rings. The molecular weight excluding hydrogens is 332 g/mol. The monoisotopic (exact) mass is 352 g/mol. The maximum atomic E-state index is 12.6. The molecule has 0 unspecified atom stereocenters. The quantitative estimate of drug-likeness (QED) is 0.789. The standard InChI is InChI=1S/C15H20N4O4S/c1-19-9-14(8-17-19)24(21,22)18-15(10-3-12(20)4-10)11-5-13(23-2)7-16-6-11/h5-10,12,15,18,20H,3-4H2,1-2H3/t10?,12?,15-/m1/s1. The lowest BCUT2D eigenvalue weighted by Crippen LogP contribution is -2.41. The number of aliphatic hydroxyl groups excluding tert-OH is 1. The minimum absolute atomic E-state index is 0.000326. The van der Waals surface area contributed by atoms with Gasteiger partial charge >= 0.3 is 0 Å². The summed E-state index contributed by atoms with van der Waals surface area (Å²) in [7, 11) is -0.541. The molecule has 0 radical (unpaired) electrons. The Kier molecular flexibility index (Phi) is 4.57. The fraction of sp³-hybridized carbons (Fsp3) is 0.467. The third-order valence-corrected chi connectivity index (χ3v) is 5.62. The van der Waals surface area contributed by atoms with E-state index in [1.165, 1.54) is 24.2 Å². The molecule has 24 heavy (non-hydrogen) atoms. The van der Waals surface area contributed by atoms with Crippen LogP contribution in [0.3, 0.4) is 0 Å². The van der Waals surface area contributed by atoms with Crippen LogP contribution in [-0.4, -0.2) is 41.5 Å². The summed E-state index contributed by atoms with van der Waals surface area (Å²) >= 11 is 0. The van der Waals surface area contributed by atoms with Crippen LogP contribution in [0.1, 0.15) is 24.4 Å². The summed E-state index contributed by atoms with van der Waals surface area (Å²) in [6.45, 7) is 0. The molecule has 2 heterocycles. The summed E-state index contributed by atoms with van der Waals surface area (Å²) in [5, 5.41) is 13.5. The van der Waals surface area contributed by atoms with Gasteiger partial charge in [0, 0.05) is 19.4 Å². The van der Waals surface area contributed by atoms with Crippen LogP contribution in [0.5, 0.6) is 5.75 Å². The van der Waals surface area contributed by atoms with Crippen molar-refractivity contribution in [2.75, 3.05) is 7.11 Å². The third kappa shape index (κ3) is 3.42. The molecule has 0 bridgehead atoms. The minimum Gasteiger partial charge on any atom is -0.495 e. The number of pyridine rings is 1. The van der Waals surface area contributed by atoms with Gasteiger partial charge in [-0.15, -0.1) is 0 Å². The highest BCUT2D eigenvalue weighted by atomic mass is 32.2. The molecule has 0 aromatic carbocycles. The van der Waals surface area contributed by atoms with Gasteiger partial charge in [-0.25, -0.2) is 13.1 Å². The fourth-order valence-corrected chi connectivity index (χ4v) is 4.10. The Balaban J connectivity index is 1.90. The Bertz CT molecular complexity index is 814. The van der Waals surface area contributed by atoms with Gasteiger partial charge in [0.25, 0.3) is 0 Å². The minimum atomic E-state index is -3.73. The second kappa shape index (κ2) is 6.50. The van der Waals surface area contributed by atoms with E-state index in [0.717, 1.165) is 0 Å². The van der Waals surface area contributed by atoms with E-state index in [2.05, 4.69) is 14.8 Å². The lowest BCUT2D eigenvalue weighted by atomic mass is 9.76. The predicted molar refractivity (Wildman–Crippen MR) is 85.8 cm³/mol. The van der Waals surface area contributed by atoms with Gasteiger partial charge in [-0.3, -0.25) is 9.67 Å². The second-order valence-electron chi connectivity index (χ2n) is 5.99. The molecule has 2 N–H and O–H groups in total. The molecule has 0 spiro atoms. The van der Waals surface area contributed by atoms with Crippen molar-refractivity contribution in [2.45, 2.75) is 29.9 Å². The number of rotatable bonds is 6. The van der Waals surface area contributed by atoms with Crippen LogP contribution >= 0.6 is 0 Å². The van der Waals surface area contributed by atoms with Crippen molar-refractivity contribution in [3.05, 3.63) is 36.4 Å². The van der Waals surface area contributed by atoms with Crippen molar-refractivity contribution < 1.29 is 18.3 Å². The summed E-state index contributed by atoms with van der Waals surface area (Å²) in [4.78, 5) is 4.21. The number of nitrogens with one attached hydrogen (secondary N) is 1. The van der Waals surface area contributed by atoms with E-state index in [0.29, 0.717) is 24.2 Å². The van der Waals surface area contributed by atoms with Crippen molar-refractivity contribution in [1.82, 2.24) is 19.5 Å². The molecule has 0 amide bonds. The van der Waals surface area contributed by atoms with Gasteiger partial charge < -0.3 is 9.84 Å². The van der Waals surface area contributed by atoms with E-state index in [-0.39, 0.29) is 16.9 Å². The molecule has 130 valence electrons. The van der Waals surface area contributed by atoms with Gasteiger partial charge in [0.05, 0.1) is 31.6 Å². The van der Waals surface area contributed by atoms with Crippen LogP contribution in [0.25, 0.3) is 0 Å². The fourth-order valence-electron chi connectivity index (χ4n) is 2.83. The van der Waals surface area contributed by atoms with E-state index in [1.54, 1.807) is 25.5 Å².